The largest absolute Gasteiger partial charge is 0.369 e. The van der Waals surface area contributed by atoms with Crippen molar-refractivity contribution in [2.75, 3.05) is 32.0 Å². The highest BCUT2D eigenvalue weighted by molar-refractivity contribution is 5.91. The Morgan fingerprint density at radius 2 is 2.13 bits per heavy atom. The minimum Gasteiger partial charge on any atom is -0.369 e. The Bertz CT molecular complexity index is 547. The Labute approximate surface area is 137 Å². The first-order chi connectivity index (χ1) is 11.1. The molecule has 0 aromatic heterocycles. The fourth-order valence-electron chi connectivity index (χ4n) is 2.90. The molecule has 1 aliphatic heterocycles. The van der Waals surface area contributed by atoms with Crippen molar-refractivity contribution in [2.45, 2.75) is 25.8 Å². The van der Waals surface area contributed by atoms with Gasteiger partial charge in [0.05, 0.1) is 5.92 Å². The number of nitrogens with one attached hydrogen (secondary N) is 2. The molecule has 1 heterocycles. The van der Waals surface area contributed by atoms with Crippen LogP contribution in [0.1, 0.15) is 24.8 Å². The van der Waals surface area contributed by atoms with E-state index in [1.54, 1.807) is 0 Å². The first-order valence-electron chi connectivity index (χ1n) is 8.14. The van der Waals surface area contributed by atoms with Crippen molar-refractivity contribution in [2.24, 2.45) is 11.7 Å². The first-order valence-corrected chi connectivity index (χ1v) is 8.14. The molecule has 4 N–H and O–H groups in total. The van der Waals surface area contributed by atoms with Gasteiger partial charge in [-0.15, -0.1) is 0 Å². The first kappa shape index (κ1) is 17.4. The number of anilines is 1. The minimum atomic E-state index is -0.219. The maximum absolute atomic E-state index is 11.9. The van der Waals surface area contributed by atoms with E-state index in [9.17, 15) is 9.59 Å². The van der Waals surface area contributed by atoms with Crippen LogP contribution in [0.15, 0.2) is 24.3 Å². The molecule has 0 spiro atoms. The molecule has 1 aromatic rings. The van der Waals surface area contributed by atoms with Crippen molar-refractivity contribution in [3.63, 3.8) is 0 Å². The molecule has 0 bridgehead atoms. The number of carbonyl (C=O) groups excluding carboxylic acids is 2. The van der Waals surface area contributed by atoms with Crippen molar-refractivity contribution in [3.05, 3.63) is 29.8 Å². The molecule has 1 aliphatic rings. The Morgan fingerprint density at radius 1 is 1.35 bits per heavy atom. The van der Waals surface area contributed by atoms with Gasteiger partial charge in [-0.3, -0.25) is 14.5 Å². The summed E-state index contributed by atoms with van der Waals surface area (Å²) in [5.41, 5.74) is 7.34. The molecule has 0 radical (unpaired) electrons. The number of likely N-dealkylation sites (tertiary alicyclic amines) is 1. The number of piperidine rings is 1. The van der Waals surface area contributed by atoms with Crippen LogP contribution < -0.4 is 16.4 Å². The Morgan fingerprint density at radius 3 is 2.87 bits per heavy atom. The van der Waals surface area contributed by atoms with Gasteiger partial charge in [0, 0.05) is 31.7 Å². The lowest BCUT2D eigenvalue weighted by molar-refractivity contribution is -0.123. The number of nitrogens with two attached hydrogens (primary N) is 1. The summed E-state index contributed by atoms with van der Waals surface area (Å²) in [7, 11) is 1.83. The van der Waals surface area contributed by atoms with Crippen LogP contribution in [0.25, 0.3) is 0 Å². The maximum Gasteiger partial charge on any atom is 0.225 e. The van der Waals surface area contributed by atoms with Crippen LogP contribution in [0.2, 0.25) is 0 Å². The van der Waals surface area contributed by atoms with E-state index in [1.807, 2.05) is 31.3 Å². The second-order valence-electron chi connectivity index (χ2n) is 6.04. The highest BCUT2D eigenvalue weighted by atomic mass is 16.2. The van der Waals surface area contributed by atoms with Crippen LogP contribution >= 0.6 is 0 Å². The SMILES string of the molecule is CNCCC(=O)Nc1ccccc1CN1CCCC(C(N)=O)C1. The van der Waals surface area contributed by atoms with E-state index >= 15 is 0 Å². The lowest BCUT2D eigenvalue weighted by Gasteiger charge is -2.31. The van der Waals surface area contributed by atoms with Crippen molar-refractivity contribution < 1.29 is 9.59 Å². The zero-order valence-electron chi connectivity index (χ0n) is 13.7. The number of rotatable bonds is 7. The van der Waals surface area contributed by atoms with Gasteiger partial charge in [0.1, 0.15) is 0 Å². The van der Waals surface area contributed by atoms with Gasteiger partial charge in [0.25, 0.3) is 0 Å². The molecule has 0 saturated carbocycles. The zero-order valence-corrected chi connectivity index (χ0v) is 13.7. The van der Waals surface area contributed by atoms with Crippen LogP contribution in [-0.2, 0) is 16.1 Å². The summed E-state index contributed by atoms with van der Waals surface area (Å²) in [4.78, 5) is 25.6. The molecule has 6 heteroatoms. The highest BCUT2D eigenvalue weighted by Crippen LogP contribution is 2.22. The molecule has 1 fully saturated rings. The monoisotopic (exact) mass is 318 g/mol. The molecule has 1 saturated heterocycles. The van der Waals surface area contributed by atoms with Crippen LogP contribution in [0.5, 0.6) is 0 Å². The van der Waals surface area contributed by atoms with E-state index in [-0.39, 0.29) is 17.7 Å². The van der Waals surface area contributed by atoms with Gasteiger partial charge >= 0.3 is 0 Å². The summed E-state index contributed by atoms with van der Waals surface area (Å²) in [6.45, 7) is 3.01. The second kappa shape index (κ2) is 8.64. The van der Waals surface area contributed by atoms with Crippen LogP contribution in [0.3, 0.4) is 0 Å². The van der Waals surface area contributed by atoms with Gasteiger partial charge in [-0.05, 0) is 38.1 Å². The molecule has 0 aliphatic carbocycles. The molecule has 126 valence electrons. The Balaban J connectivity index is 1.99. The maximum atomic E-state index is 11.9. The Hall–Kier alpha value is -1.92. The van der Waals surface area contributed by atoms with Gasteiger partial charge in [0.2, 0.25) is 11.8 Å². The molecule has 1 aromatic carbocycles. The lowest BCUT2D eigenvalue weighted by atomic mass is 9.97. The quantitative estimate of drug-likeness (QED) is 0.698. The number of benzene rings is 1. The predicted molar refractivity (Wildman–Crippen MR) is 90.8 cm³/mol. The van der Waals surface area contributed by atoms with E-state index in [2.05, 4.69) is 15.5 Å². The van der Waals surface area contributed by atoms with Crippen molar-refractivity contribution in [1.82, 2.24) is 10.2 Å². The number of carbonyl (C=O) groups is 2. The van der Waals surface area contributed by atoms with E-state index < -0.39 is 0 Å². The van der Waals surface area contributed by atoms with Gasteiger partial charge in [-0.2, -0.15) is 0 Å². The van der Waals surface area contributed by atoms with E-state index in [1.165, 1.54) is 0 Å². The minimum absolute atomic E-state index is 0.000423. The fourth-order valence-corrected chi connectivity index (χ4v) is 2.90. The molecular formula is C17H26N4O2. The second-order valence-corrected chi connectivity index (χ2v) is 6.04. The molecular weight excluding hydrogens is 292 g/mol. The third-order valence-corrected chi connectivity index (χ3v) is 4.20. The summed E-state index contributed by atoms with van der Waals surface area (Å²) in [6.07, 6.45) is 2.29. The topological polar surface area (TPSA) is 87.5 Å². The Kier molecular flexibility index (Phi) is 6.55. The predicted octanol–water partition coefficient (Wildman–Crippen LogP) is 0.932. The summed E-state index contributed by atoms with van der Waals surface area (Å²) < 4.78 is 0. The zero-order chi connectivity index (χ0) is 16.7. The normalized spacial score (nSPS) is 18.6. The van der Waals surface area contributed by atoms with Crippen LogP contribution in [0, 0.1) is 5.92 Å². The summed E-state index contributed by atoms with van der Waals surface area (Å²) in [6, 6.07) is 7.82. The van der Waals surface area contributed by atoms with Crippen LogP contribution in [0.4, 0.5) is 5.69 Å². The molecule has 2 amide bonds. The molecule has 1 atom stereocenters. The molecule has 23 heavy (non-hydrogen) atoms. The third-order valence-electron chi connectivity index (χ3n) is 4.20. The number of primary amides is 1. The van der Waals surface area contributed by atoms with Gasteiger partial charge < -0.3 is 16.4 Å². The smallest absolute Gasteiger partial charge is 0.225 e. The number of nitrogens with zero attached hydrogens (tertiary/aromatic N) is 1. The third kappa shape index (κ3) is 5.33. The fraction of sp³-hybridized carbons (Fsp3) is 0.529. The summed E-state index contributed by atoms with van der Waals surface area (Å²) in [5.74, 6) is -0.287. The average molecular weight is 318 g/mol. The number of amides is 2. The van der Waals surface area contributed by atoms with Crippen molar-refractivity contribution in [1.29, 1.82) is 0 Å². The summed E-state index contributed by atoms with van der Waals surface area (Å²) >= 11 is 0. The molecule has 1 unspecified atom stereocenters. The van der Waals surface area contributed by atoms with Gasteiger partial charge in [-0.25, -0.2) is 0 Å². The van der Waals surface area contributed by atoms with Crippen molar-refractivity contribution >= 4 is 17.5 Å². The van der Waals surface area contributed by atoms with Crippen LogP contribution in [-0.4, -0.2) is 43.4 Å². The van der Waals surface area contributed by atoms with E-state index in [0.717, 1.165) is 30.6 Å². The summed E-state index contributed by atoms with van der Waals surface area (Å²) in [5, 5.41) is 5.94. The molecule has 6 nitrogen and oxygen atoms in total. The average Bonchev–Trinajstić information content (AvgIpc) is 2.55. The number of hydrogen-bond acceptors (Lipinski definition) is 4. The van der Waals surface area contributed by atoms with Gasteiger partial charge in [0.15, 0.2) is 0 Å². The number of hydrogen-bond donors (Lipinski definition) is 3. The standard InChI is InChI=1S/C17H26N4O2/c1-19-9-8-16(22)20-15-7-3-2-5-13(15)11-21-10-4-6-14(12-21)17(18)23/h2-3,5,7,14,19H,4,6,8-12H2,1H3,(H2,18,23)(H,20,22). The lowest BCUT2D eigenvalue weighted by Crippen LogP contribution is -2.40. The highest BCUT2D eigenvalue weighted by Gasteiger charge is 2.24. The van der Waals surface area contributed by atoms with E-state index in [0.29, 0.717) is 26.1 Å². The molecule has 2 rings (SSSR count). The number of para-hydroxylation sites is 1. The van der Waals surface area contributed by atoms with Gasteiger partial charge in [-0.1, -0.05) is 18.2 Å². The van der Waals surface area contributed by atoms with Crippen molar-refractivity contribution in [3.8, 4) is 0 Å². The van der Waals surface area contributed by atoms with E-state index in [4.69, 9.17) is 5.73 Å².